The van der Waals surface area contributed by atoms with Crippen molar-refractivity contribution in [2.45, 2.75) is 32.4 Å². The maximum Gasteiger partial charge on any atom is 0.287 e. The molecule has 0 unspecified atom stereocenters. The van der Waals surface area contributed by atoms with Crippen LogP contribution in [0.25, 0.3) is 0 Å². The molecule has 7 nitrogen and oxygen atoms in total. The number of nitrogens with one attached hydrogen (secondary N) is 2. The number of carbonyl (C=O) groups is 2. The van der Waals surface area contributed by atoms with Gasteiger partial charge in [0.15, 0.2) is 11.5 Å². The van der Waals surface area contributed by atoms with Crippen molar-refractivity contribution in [1.29, 1.82) is 0 Å². The van der Waals surface area contributed by atoms with Crippen molar-refractivity contribution < 1.29 is 14.0 Å². The molecule has 1 aliphatic heterocycles. The van der Waals surface area contributed by atoms with Gasteiger partial charge < -0.3 is 19.6 Å². The highest BCUT2D eigenvalue weighted by atomic mass is 35.5. The lowest BCUT2D eigenvalue weighted by Crippen LogP contribution is -2.27. The van der Waals surface area contributed by atoms with Crippen LogP contribution < -0.4 is 10.6 Å². The van der Waals surface area contributed by atoms with Crippen LogP contribution in [-0.2, 0) is 19.5 Å². The van der Waals surface area contributed by atoms with E-state index in [1.54, 1.807) is 42.7 Å². The fraction of sp³-hybridized carbons (Fsp3) is 0.250. The third-order valence-electron chi connectivity index (χ3n) is 4.62. The Kier molecular flexibility index (Phi) is 5.16. The molecule has 1 aliphatic rings. The second-order valence-corrected chi connectivity index (χ2v) is 7.00. The zero-order valence-corrected chi connectivity index (χ0v) is 15.8. The van der Waals surface area contributed by atoms with Gasteiger partial charge in [0.25, 0.3) is 11.8 Å². The second kappa shape index (κ2) is 7.90. The largest absolute Gasteiger partial charge is 0.467 e. The summed E-state index contributed by atoms with van der Waals surface area (Å²) in [4.78, 5) is 29.9. The Balaban J connectivity index is 1.57. The van der Waals surface area contributed by atoms with Gasteiger partial charge in [-0.3, -0.25) is 9.59 Å². The molecule has 2 amide bonds. The number of nitrogens with zero attached hydrogens (tertiary/aromatic N) is 2. The van der Waals surface area contributed by atoms with Crippen molar-refractivity contribution >= 4 is 29.1 Å². The van der Waals surface area contributed by atoms with E-state index in [9.17, 15) is 9.59 Å². The van der Waals surface area contributed by atoms with Crippen molar-refractivity contribution in [2.24, 2.45) is 0 Å². The number of rotatable bonds is 5. The van der Waals surface area contributed by atoms with Crippen LogP contribution in [0.5, 0.6) is 0 Å². The van der Waals surface area contributed by atoms with Crippen LogP contribution >= 0.6 is 11.6 Å². The second-order valence-electron chi connectivity index (χ2n) is 6.57. The highest BCUT2D eigenvalue weighted by Gasteiger charge is 2.27. The molecule has 0 saturated heterocycles. The van der Waals surface area contributed by atoms with Gasteiger partial charge in [0.05, 0.1) is 18.5 Å². The fourth-order valence-corrected chi connectivity index (χ4v) is 3.50. The molecule has 2 aromatic heterocycles. The first-order valence-corrected chi connectivity index (χ1v) is 9.46. The summed E-state index contributed by atoms with van der Waals surface area (Å²) in [5.41, 5.74) is 1.65. The molecular weight excluding hydrogens is 380 g/mol. The number of carbonyl (C=O) groups excluding carboxylic acids is 2. The Morgan fingerprint density at radius 3 is 2.86 bits per heavy atom. The van der Waals surface area contributed by atoms with E-state index in [0.29, 0.717) is 29.4 Å². The quantitative estimate of drug-likeness (QED) is 0.686. The summed E-state index contributed by atoms with van der Waals surface area (Å²) in [6, 6.07) is 10.5. The molecule has 0 saturated carbocycles. The van der Waals surface area contributed by atoms with Gasteiger partial charge in [-0.2, -0.15) is 0 Å². The van der Waals surface area contributed by atoms with Gasteiger partial charge in [-0.25, -0.2) is 4.98 Å². The molecule has 0 aliphatic carbocycles. The first-order valence-electron chi connectivity index (χ1n) is 9.09. The monoisotopic (exact) mass is 398 g/mol. The van der Waals surface area contributed by atoms with Crippen LogP contribution in [-0.4, -0.2) is 21.4 Å². The molecular formula is C20H19ClN4O3. The molecule has 2 N–H and O–H groups in total. The molecule has 0 fully saturated rings. The third kappa shape index (κ3) is 3.80. The summed E-state index contributed by atoms with van der Waals surface area (Å²) in [6.07, 6.45) is 4.15. The first kappa shape index (κ1) is 18.3. The maximum atomic E-state index is 12.8. The van der Waals surface area contributed by atoms with Crippen LogP contribution in [0.1, 0.15) is 45.4 Å². The molecule has 1 aromatic carbocycles. The van der Waals surface area contributed by atoms with Crippen molar-refractivity contribution in [3.8, 4) is 0 Å². The Bertz CT molecular complexity index is 1010. The maximum absolute atomic E-state index is 12.8. The molecule has 0 radical (unpaired) electrons. The predicted octanol–water partition coefficient (Wildman–Crippen LogP) is 3.65. The Morgan fingerprint density at radius 2 is 2.07 bits per heavy atom. The molecule has 28 heavy (non-hydrogen) atoms. The molecule has 144 valence electrons. The summed E-state index contributed by atoms with van der Waals surface area (Å²) in [7, 11) is 0. The smallest absolute Gasteiger partial charge is 0.287 e. The minimum absolute atomic E-state index is 0.248. The number of imidazole rings is 1. The number of furan rings is 1. The summed E-state index contributed by atoms with van der Waals surface area (Å²) in [5.74, 6) is 0.217. The number of hydrogen-bond donors (Lipinski definition) is 2. The van der Waals surface area contributed by atoms with Gasteiger partial charge in [-0.15, -0.1) is 0 Å². The van der Waals surface area contributed by atoms with Crippen LogP contribution in [0.15, 0.2) is 47.1 Å². The minimum atomic E-state index is -0.349. The van der Waals surface area contributed by atoms with Crippen LogP contribution in [0, 0.1) is 0 Å². The molecule has 0 spiro atoms. The van der Waals surface area contributed by atoms with E-state index in [-0.39, 0.29) is 29.9 Å². The van der Waals surface area contributed by atoms with E-state index in [4.69, 9.17) is 16.0 Å². The zero-order valence-electron chi connectivity index (χ0n) is 15.1. The van der Waals surface area contributed by atoms with E-state index in [2.05, 4.69) is 15.6 Å². The van der Waals surface area contributed by atoms with Gasteiger partial charge in [-0.1, -0.05) is 17.7 Å². The van der Waals surface area contributed by atoms with Crippen LogP contribution in [0.2, 0.25) is 5.02 Å². The fourth-order valence-electron chi connectivity index (χ4n) is 3.31. The predicted molar refractivity (Wildman–Crippen MR) is 104 cm³/mol. The SMILES string of the molecule is O=C(Nc1cccc(Cl)c1)c1nc(C(=O)NCc2ccco2)n2c1CCCC2. The summed E-state index contributed by atoms with van der Waals surface area (Å²) < 4.78 is 7.08. The van der Waals surface area contributed by atoms with E-state index >= 15 is 0 Å². The Labute approximate surface area is 166 Å². The highest BCUT2D eigenvalue weighted by Crippen LogP contribution is 2.23. The molecule has 8 heteroatoms. The number of anilines is 1. The lowest BCUT2D eigenvalue weighted by Gasteiger charge is -2.17. The van der Waals surface area contributed by atoms with E-state index in [1.807, 2.05) is 4.57 Å². The lowest BCUT2D eigenvalue weighted by molar-refractivity contribution is 0.0932. The molecule has 3 aromatic rings. The van der Waals surface area contributed by atoms with E-state index in [1.165, 1.54) is 0 Å². The number of aromatic nitrogens is 2. The normalized spacial score (nSPS) is 13.0. The molecule has 3 heterocycles. The average molecular weight is 399 g/mol. The van der Waals surface area contributed by atoms with Gasteiger partial charge in [0, 0.05) is 17.3 Å². The van der Waals surface area contributed by atoms with E-state index in [0.717, 1.165) is 18.5 Å². The average Bonchev–Trinajstić information content (AvgIpc) is 3.34. The van der Waals surface area contributed by atoms with Crippen LogP contribution in [0.3, 0.4) is 0 Å². The Hall–Kier alpha value is -3.06. The zero-order chi connectivity index (χ0) is 19.5. The topological polar surface area (TPSA) is 89.2 Å². The standard InChI is InChI=1S/C20H19ClN4O3/c21-13-5-3-6-14(11-13)23-19(26)17-16-8-1-2-9-25(16)18(24-17)20(27)22-12-15-7-4-10-28-15/h3-7,10-11H,1-2,8-9,12H2,(H,22,27)(H,23,26). The van der Waals surface area contributed by atoms with Gasteiger partial charge in [0.2, 0.25) is 0 Å². The minimum Gasteiger partial charge on any atom is -0.467 e. The van der Waals surface area contributed by atoms with Crippen molar-refractivity contribution in [2.75, 3.05) is 5.32 Å². The number of amides is 2. The van der Waals surface area contributed by atoms with E-state index < -0.39 is 0 Å². The molecule has 0 bridgehead atoms. The Morgan fingerprint density at radius 1 is 1.18 bits per heavy atom. The van der Waals surface area contributed by atoms with Gasteiger partial charge >= 0.3 is 0 Å². The van der Waals surface area contributed by atoms with Crippen molar-refractivity contribution in [3.63, 3.8) is 0 Å². The highest BCUT2D eigenvalue weighted by molar-refractivity contribution is 6.31. The van der Waals surface area contributed by atoms with Crippen LogP contribution in [0.4, 0.5) is 5.69 Å². The molecule has 4 rings (SSSR count). The summed E-state index contributed by atoms with van der Waals surface area (Å²) in [5, 5.41) is 6.14. The van der Waals surface area contributed by atoms with Crippen molar-refractivity contribution in [1.82, 2.24) is 14.9 Å². The number of hydrogen-bond acceptors (Lipinski definition) is 4. The lowest BCUT2D eigenvalue weighted by atomic mass is 10.1. The number of fused-ring (bicyclic) bond motifs is 1. The number of halogens is 1. The summed E-state index contributed by atoms with van der Waals surface area (Å²) in [6.45, 7) is 0.925. The third-order valence-corrected chi connectivity index (χ3v) is 4.86. The first-order chi connectivity index (χ1) is 13.6. The number of benzene rings is 1. The van der Waals surface area contributed by atoms with Crippen molar-refractivity contribution in [3.05, 3.63) is 70.7 Å². The van der Waals surface area contributed by atoms with Gasteiger partial charge in [-0.05, 0) is 49.6 Å². The van der Waals surface area contributed by atoms with Gasteiger partial charge in [0.1, 0.15) is 5.76 Å². The molecule has 0 atom stereocenters. The summed E-state index contributed by atoms with van der Waals surface area (Å²) >= 11 is 5.98.